The number of nitrogens with zero attached hydrogens (tertiary/aromatic N) is 2. The van der Waals surface area contributed by atoms with Gasteiger partial charge in [-0.15, -0.1) is 0 Å². The minimum atomic E-state index is -0.521. The number of nitrogen functional groups attached to an aromatic ring is 1. The summed E-state index contributed by atoms with van der Waals surface area (Å²) in [4.78, 5) is 13.1. The normalized spacial score (nSPS) is 8.71. The Balaban J connectivity index is 0.000000364. The average Bonchev–Trinajstić information content (AvgIpc) is 2.19. The molecule has 0 aliphatic carbocycles. The maximum atomic E-state index is 10.0. The van der Waals surface area contributed by atoms with Crippen molar-refractivity contribution in [2.75, 3.05) is 11.6 Å². The van der Waals surface area contributed by atoms with Gasteiger partial charge in [-0.1, -0.05) is 11.9 Å². The van der Waals surface area contributed by atoms with Gasteiger partial charge in [0, 0.05) is 6.07 Å². The number of anilines is 1. The summed E-state index contributed by atoms with van der Waals surface area (Å²) in [6, 6.07) is 2.69. The quantitative estimate of drug-likeness (QED) is 0.276. The first-order valence-corrected chi connectivity index (χ1v) is 4.54. The minimum Gasteiger partial charge on any atom is -0.384 e. The first kappa shape index (κ1) is 12.6. The number of hydrogen-bond donors (Lipinski definition) is 3. The van der Waals surface area contributed by atoms with Gasteiger partial charge in [-0.3, -0.25) is 15.3 Å². The van der Waals surface area contributed by atoms with Gasteiger partial charge in [0.15, 0.2) is 0 Å². The van der Waals surface area contributed by atoms with Gasteiger partial charge in [-0.25, -0.2) is 4.98 Å². The van der Waals surface area contributed by atoms with Crippen LogP contribution >= 0.6 is 11.9 Å². The van der Waals surface area contributed by atoms with E-state index in [1.807, 2.05) is 0 Å². The van der Waals surface area contributed by atoms with Gasteiger partial charge in [0.2, 0.25) is 0 Å². The fourth-order valence-corrected chi connectivity index (χ4v) is 0.505. The Morgan fingerprint density at radius 2 is 2.14 bits per heavy atom. The molecule has 0 aliphatic heterocycles. The summed E-state index contributed by atoms with van der Waals surface area (Å²) in [5, 5.41) is 14.9. The molecule has 0 amide bonds. The molecule has 0 atom stereocenters. The van der Waals surface area contributed by atoms with Crippen LogP contribution in [0.4, 0.5) is 11.5 Å². The second-order valence-corrected chi connectivity index (χ2v) is 2.70. The number of rotatable bonds is 2. The third-order valence-corrected chi connectivity index (χ3v) is 1.27. The molecule has 78 valence electrons. The van der Waals surface area contributed by atoms with Crippen molar-refractivity contribution in [2.45, 2.75) is 0 Å². The molecule has 0 aromatic carbocycles. The molecule has 0 bridgehead atoms. The summed E-state index contributed by atoms with van der Waals surface area (Å²) in [5.74, 6) is 0.797. The molecule has 1 aromatic rings. The minimum absolute atomic E-state index is 0.0470. The number of hydrogen-bond acceptors (Lipinski definition) is 7. The van der Waals surface area contributed by atoms with E-state index in [0.29, 0.717) is 5.88 Å². The summed E-state index contributed by atoms with van der Waals surface area (Å²) >= 11 is 1.13. The van der Waals surface area contributed by atoms with E-state index in [1.54, 1.807) is 0 Å². The van der Waals surface area contributed by atoms with Crippen LogP contribution in [0.2, 0.25) is 0 Å². The zero-order valence-electron chi connectivity index (χ0n) is 7.29. The fraction of sp³-hybridized carbons (Fsp3) is 0.167. The predicted molar refractivity (Wildman–Crippen MR) is 56.1 cm³/mol. The lowest BCUT2D eigenvalue weighted by Gasteiger charge is -1.89. The predicted octanol–water partition coefficient (Wildman–Crippen LogP) is 0.0815. The highest BCUT2D eigenvalue weighted by molar-refractivity contribution is 7.97. The summed E-state index contributed by atoms with van der Waals surface area (Å²) in [6.07, 6.45) is 1.12. The molecule has 14 heavy (non-hydrogen) atoms. The lowest BCUT2D eigenvalue weighted by molar-refractivity contribution is -0.385. The smallest absolute Gasteiger partial charge is 0.287 e. The highest BCUT2D eigenvalue weighted by Crippen LogP contribution is 2.08. The molecule has 0 saturated carbocycles. The van der Waals surface area contributed by atoms with Gasteiger partial charge in [0.1, 0.15) is 12.0 Å². The summed E-state index contributed by atoms with van der Waals surface area (Å²) in [7, 11) is 0. The second-order valence-electron chi connectivity index (χ2n) is 2.03. The third-order valence-electron chi connectivity index (χ3n) is 1.08. The lowest BCUT2D eigenvalue weighted by Crippen LogP contribution is -1.94. The molecule has 0 unspecified atom stereocenters. The zero-order chi connectivity index (χ0) is 11.0. The number of nitrogens with two attached hydrogens (primary N) is 3. The van der Waals surface area contributed by atoms with Crippen molar-refractivity contribution in [1.82, 2.24) is 4.98 Å². The molecule has 1 aromatic heterocycles. The molecule has 7 nitrogen and oxygen atoms in total. The van der Waals surface area contributed by atoms with Crippen LogP contribution in [0.15, 0.2) is 18.3 Å². The van der Waals surface area contributed by atoms with Gasteiger partial charge in [-0.2, -0.15) is 0 Å². The monoisotopic (exact) mass is 217 g/mol. The Bertz CT molecular complexity index is 276. The summed E-state index contributed by atoms with van der Waals surface area (Å²) < 4.78 is 0. The van der Waals surface area contributed by atoms with Gasteiger partial charge < -0.3 is 11.5 Å². The van der Waals surface area contributed by atoms with Crippen molar-refractivity contribution in [1.29, 1.82) is 0 Å². The fourth-order valence-electron chi connectivity index (χ4n) is 0.505. The molecule has 6 N–H and O–H groups in total. The van der Waals surface area contributed by atoms with Crippen LogP contribution in [0.1, 0.15) is 0 Å². The Kier molecular flexibility index (Phi) is 6.37. The first-order valence-electron chi connectivity index (χ1n) is 3.49. The highest BCUT2D eigenvalue weighted by atomic mass is 32.2. The van der Waals surface area contributed by atoms with Crippen LogP contribution in [-0.4, -0.2) is 15.8 Å². The molecule has 0 saturated heterocycles. The Hall–Kier alpha value is -1.38. The highest BCUT2D eigenvalue weighted by Gasteiger charge is 2.02. The van der Waals surface area contributed by atoms with E-state index >= 15 is 0 Å². The van der Waals surface area contributed by atoms with E-state index in [4.69, 9.17) is 16.6 Å². The van der Waals surface area contributed by atoms with Gasteiger partial charge >= 0.3 is 0 Å². The van der Waals surface area contributed by atoms with E-state index in [1.165, 1.54) is 12.1 Å². The van der Waals surface area contributed by atoms with E-state index < -0.39 is 4.92 Å². The molecule has 0 spiro atoms. The molecular formula is C6H11N5O2S. The van der Waals surface area contributed by atoms with E-state index in [2.05, 4.69) is 4.98 Å². The molecule has 0 radical (unpaired) electrons. The maximum absolute atomic E-state index is 10.0. The Labute approximate surface area is 85.0 Å². The summed E-state index contributed by atoms with van der Waals surface area (Å²) in [6.45, 7) is 0. The average molecular weight is 217 g/mol. The third kappa shape index (κ3) is 5.30. The van der Waals surface area contributed by atoms with E-state index in [-0.39, 0.29) is 11.5 Å². The SMILES string of the molecule is NCSN.Nc1ccc([N+](=O)[O-])cn1. The summed E-state index contributed by atoms with van der Waals surface area (Å²) in [5.41, 5.74) is 10.0. The van der Waals surface area contributed by atoms with Gasteiger partial charge in [0.25, 0.3) is 5.69 Å². The van der Waals surface area contributed by atoms with Crippen molar-refractivity contribution in [3.05, 3.63) is 28.4 Å². The van der Waals surface area contributed by atoms with Crippen LogP contribution in [0, 0.1) is 10.1 Å². The van der Waals surface area contributed by atoms with Crippen LogP contribution in [-0.2, 0) is 0 Å². The first-order chi connectivity index (χ1) is 6.61. The van der Waals surface area contributed by atoms with E-state index in [9.17, 15) is 10.1 Å². The molecule has 0 aliphatic rings. The van der Waals surface area contributed by atoms with Gasteiger partial charge in [0.05, 0.1) is 10.8 Å². The maximum Gasteiger partial charge on any atom is 0.287 e. The van der Waals surface area contributed by atoms with Crippen LogP contribution < -0.4 is 16.6 Å². The largest absolute Gasteiger partial charge is 0.384 e. The molecule has 0 fully saturated rings. The zero-order valence-corrected chi connectivity index (χ0v) is 8.11. The lowest BCUT2D eigenvalue weighted by atomic mass is 10.4. The Morgan fingerprint density at radius 1 is 1.57 bits per heavy atom. The Morgan fingerprint density at radius 3 is 2.43 bits per heavy atom. The second kappa shape index (κ2) is 7.06. The van der Waals surface area contributed by atoms with Crippen molar-refractivity contribution >= 4 is 23.5 Å². The van der Waals surface area contributed by atoms with Crippen molar-refractivity contribution in [3.8, 4) is 0 Å². The van der Waals surface area contributed by atoms with Crippen LogP contribution in [0.25, 0.3) is 0 Å². The standard InChI is InChI=1S/C5H5N3O2.CH6N2S/c6-5-2-1-4(3-7-5)8(9)10;2-1-4-3/h1-3H,(H2,6,7);1-3H2. The van der Waals surface area contributed by atoms with Crippen molar-refractivity contribution in [3.63, 3.8) is 0 Å². The molecule has 1 heterocycles. The number of nitro groups is 1. The molecular weight excluding hydrogens is 206 g/mol. The topological polar surface area (TPSA) is 134 Å². The van der Waals surface area contributed by atoms with Crippen LogP contribution in [0.5, 0.6) is 0 Å². The number of aromatic nitrogens is 1. The molecule has 1 rings (SSSR count). The number of pyridine rings is 1. The molecule has 8 heteroatoms. The van der Waals surface area contributed by atoms with Crippen molar-refractivity contribution in [2.24, 2.45) is 10.9 Å². The van der Waals surface area contributed by atoms with Gasteiger partial charge in [-0.05, 0) is 6.07 Å². The van der Waals surface area contributed by atoms with Crippen molar-refractivity contribution < 1.29 is 4.92 Å². The van der Waals surface area contributed by atoms with E-state index in [0.717, 1.165) is 18.1 Å². The van der Waals surface area contributed by atoms with Crippen LogP contribution in [0.3, 0.4) is 0 Å².